The number of aromatic nitrogens is 6. The van der Waals surface area contributed by atoms with Crippen LogP contribution < -0.4 is 9.47 Å². The van der Waals surface area contributed by atoms with E-state index in [1.165, 1.54) is 25.7 Å². The zero-order chi connectivity index (χ0) is 85.0. The molecule has 9 nitrogen and oxygen atoms in total. The van der Waals surface area contributed by atoms with E-state index in [2.05, 4.69) is 382 Å². The fraction of sp³-hybridized carbons (Fsp3) is 0.0167. The second-order valence-corrected chi connectivity index (χ2v) is 35.5. The maximum Gasteiger partial charge on any atom is 0.160 e. The quantitative estimate of drug-likeness (QED) is 0.131. The Balaban J connectivity index is 0.703. The van der Waals surface area contributed by atoms with E-state index in [0.717, 1.165) is 239 Å². The summed E-state index contributed by atoms with van der Waals surface area (Å²) in [6, 6.07) is 148. The summed E-state index contributed by atoms with van der Waals surface area (Å²) in [5.74, 6) is 4.37. The highest BCUT2D eigenvalue weighted by molar-refractivity contribution is 7.26. The van der Waals surface area contributed by atoms with Crippen LogP contribution in [0.3, 0.4) is 0 Å². The maximum absolute atomic E-state index is 7.68. The van der Waals surface area contributed by atoms with Gasteiger partial charge in [0.2, 0.25) is 0 Å². The average Bonchev–Trinajstić information content (AvgIpc) is 1.50. The van der Waals surface area contributed by atoms with Crippen molar-refractivity contribution in [2.24, 2.45) is 0 Å². The summed E-state index contributed by atoms with van der Waals surface area (Å²) in [4.78, 5) is 34.1. The SMILES string of the molecule is c1ccc(-c2nc(-c3ccc4nc(-c5ccccc5)c5cc6c(cc5c4c3)C3(c4ccccc4Oc4cc(-c5cc(-c7cc(-c8cccc9oc%10ccccc%10c89)nc(-c8ccccc8)n7)cc7c5nc(-c5ccccc5)c5cc8c(cc57)C5(c7ccccc7Oc7ccccc75)c5ccccc5-8)ccc43)c3ccccc3-6)cc(-c3cccc4c3sc3ccccc34)n2)cc1. The molecule has 0 bridgehead atoms. The number of rotatable bonds is 9. The number of thiophene rings is 1. The number of hydrogen-bond acceptors (Lipinski definition) is 10. The summed E-state index contributed by atoms with van der Waals surface area (Å²) in [6.45, 7) is 0. The summed E-state index contributed by atoms with van der Waals surface area (Å²) in [6.07, 6.45) is 0. The molecule has 2 spiro atoms. The maximum atomic E-state index is 7.68. The molecule has 0 fully saturated rings. The van der Waals surface area contributed by atoms with Crippen LogP contribution in [0.25, 0.3) is 209 Å². The molecular weight excluding hydrogens is 1610 g/mol. The topological polar surface area (TPSA) is 109 Å². The lowest BCUT2D eigenvalue weighted by Crippen LogP contribution is -2.32. The summed E-state index contributed by atoms with van der Waals surface area (Å²) in [5, 5.41) is 10.5. The van der Waals surface area contributed by atoms with Crippen LogP contribution in [0.2, 0.25) is 0 Å². The Labute approximate surface area is 749 Å². The standard InChI is InChI=1S/C120H68N6O3S/c1-5-29-69(30-6-1)113-90-63-86-77-38-14-18-45-93(77)120(98(86)65-84(90)88-59-74(56-58-100(88)121-113)101-67-104(125-117(122-101)71-33-9-3-10-34-71)81-43-27-41-79-78-39-16-26-54-111(78)130-116(79)81)96-48-21-25-52-108(96)129-110-62-73(55-57-97(110)120)83-60-75(102-68-103(124-118(123-102)72-35-11-4-12-36-72)80-42-28-53-109-112(80)82-40-15-22-49-105(82)127-109)61-89-85-66-99-87(64-91(85)114(126-115(83)89)70-31-7-2-8-32-70)76-37-13-17-44-92(76)119(99)94-46-19-23-50-106(94)128-107-51-24-20-47-95(107)119/h1-68H. The first-order chi connectivity index (χ1) is 64.4. The monoisotopic (exact) mass is 1670 g/mol. The molecule has 602 valence electrons. The number of fused-ring (bicyclic) bond motifs is 30. The number of para-hydroxylation sites is 4. The largest absolute Gasteiger partial charge is 0.457 e. The third-order valence-corrected chi connectivity index (χ3v) is 28.8. The molecule has 6 aromatic heterocycles. The molecule has 2 aliphatic carbocycles. The van der Waals surface area contributed by atoms with E-state index in [4.69, 9.17) is 43.8 Å². The molecule has 28 rings (SSSR count). The summed E-state index contributed by atoms with van der Waals surface area (Å²) in [7, 11) is 0. The zero-order valence-corrected chi connectivity index (χ0v) is 70.4. The highest BCUT2D eigenvalue weighted by Crippen LogP contribution is 2.66. The summed E-state index contributed by atoms with van der Waals surface area (Å²) >= 11 is 1.81. The fourth-order valence-electron chi connectivity index (χ4n) is 22.0. The van der Waals surface area contributed by atoms with Crippen molar-refractivity contribution in [2.75, 3.05) is 0 Å². The predicted molar refractivity (Wildman–Crippen MR) is 527 cm³/mol. The zero-order valence-electron chi connectivity index (χ0n) is 69.6. The lowest BCUT2D eigenvalue weighted by atomic mass is 9.65. The summed E-state index contributed by atoms with van der Waals surface area (Å²) < 4.78 is 23.7. The van der Waals surface area contributed by atoms with Crippen molar-refractivity contribution in [3.05, 3.63) is 457 Å². The molecule has 0 amide bonds. The van der Waals surface area contributed by atoms with Gasteiger partial charge in [-0.25, -0.2) is 29.9 Å². The first-order valence-corrected chi connectivity index (χ1v) is 44.9. The van der Waals surface area contributed by atoms with E-state index in [1.807, 2.05) is 41.7 Å². The van der Waals surface area contributed by atoms with Crippen LogP contribution in [0.5, 0.6) is 23.0 Å². The minimum absolute atomic E-state index is 0.586. The molecule has 10 heteroatoms. The lowest BCUT2D eigenvalue weighted by Gasteiger charge is -2.39. The van der Waals surface area contributed by atoms with Crippen molar-refractivity contribution in [3.8, 4) is 147 Å². The molecule has 2 aliphatic heterocycles. The minimum Gasteiger partial charge on any atom is -0.457 e. The van der Waals surface area contributed by atoms with Gasteiger partial charge in [0.1, 0.15) is 34.2 Å². The molecule has 1 unspecified atom stereocenters. The molecule has 0 N–H and O–H groups in total. The van der Waals surface area contributed by atoms with E-state index in [-0.39, 0.29) is 0 Å². The minimum atomic E-state index is -0.925. The van der Waals surface area contributed by atoms with E-state index in [1.54, 1.807) is 0 Å². The predicted octanol–water partition coefficient (Wildman–Crippen LogP) is 30.9. The Hall–Kier alpha value is -16.9. The second-order valence-electron chi connectivity index (χ2n) is 34.4. The van der Waals surface area contributed by atoms with Crippen LogP contribution in [0.4, 0.5) is 0 Å². The van der Waals surface area contributed by atoms with Crippen LogP contribution in [0.1, 0.15) is 44.5 Å². The van der Waals surface area contributed by atoms with Crippen molar-refractivity contribution in [2.45, 2.75) is 10.8 Å². The van der Waals surface area contributed by atoms with E-state index in [9.17, 15) is 0 Å². The van der Waals surface area contributed by atoms with Crippen LogP contribution in [0.15, 0.2) is 417 Å². The molecule has 24 aromatic rings. The molecule has 0 saturated carbocycles. The van der Waals surface area contributed by atoms with Crippen molar-refractivity contribution in [3.63, 3.8) is 0 Å². The molecular formula is C120H68N6O3S. The fourth-order valence-corrected chi connectivity index (χ4v) is 23.2. The number of hydrogen-bond donors (Lipinski definition) is 0. The van der Waals surface area contributed by atoms with Gasteiger partial charge >= 0.3 is 0 Å². The van der Waals surface area contributed by atoms with Gasteiger partial charge in [-0.15, -0.1) is 11.3 Å². The van der Waals surface area contributed by atoms with E-state index >= 15 is 0 Å². The Morgan fingerprint density at radius 1 is 0.215 bits per heavy atom. The van der Waals surface area contributed by atoms with E-state index in [0.29, 0.717) is 11.6 Å². The first kappa shape index (κ1) is 72.4. The van der Waals surface area contributed by atoms with Crippen molar-refractivity contribution >= 4 is 96.8 Å². The molecule has 4 aliphatic rings. The number of nitrogens with zero attached hydrogens (tertiary/aromatic N) is 6. The molecule has 18 aromatic carbocycles. The Morgan fingerprint density at radius 3 is 1.30 bits per heavy atom. The normalized spacial score (nSPS) is 14.1. The summed E-state index contributed by atoms with van der Waals surface area (Å²) in [5.41, 5.74) is 29.3. The molecule has 8 heterocycles. The smallest absolute Gasteiger partial charge is 0.160 e. The van der Waals surface area contributed by atoms with Gasteiger partial charge in [-0.3, -0.25) is 0 Å². The highest BCUT2D eigenvalue weighted by atomic mass is 32.1. The number of benzene rings is 18. The van der Waals surface area contributed by atoms with Gasteiger partial charge in [-0.1, -0.05) is 309 Å². The third-order valence-electron chi connectivity index (χ3n) is 27.6. The number of ether oxygens (including phenoxy) is 2. The number of pyridine rings is 2. The third kappa shape index (κ3) is 10.5. The van der Waals surface area contributed by atoms with E-state index < -0.39 is 10.8 Å². The lowest BCUT2D eigenvalue weighted by molar-refractivity contribution is 0.436. The van der Waals surface area contributed by atoms with Gasteiger partial charge in [-0.05, 0) is 164 Å². The first-order valence-electron chi connectivity index (χ1n) is 44.1. The van der Waals surface area contributed by atoms with Crippen LogP contribution in [0, 0.1) is 0 Å². The molecule has 1 atom stereocenters. The van der Waals surface area contributed by atoms with Crippen LogP contribution >= 0.6 is 11.3 Å². The van der Waals surface area contributed by atoms with Gasteiger partial charge < -0.3 is 13.9 Å². The van der Waals surface area contributed by atoms with Gasteiger partial charge in [0.05, 0.1) is 56.0 Å². The van der Waals surface area contributed by atoms with Gasteiger partial charge in [-0.2, -0.15) is 0 Å². The van der Waals surface area contributed by atoms with Crippen molar-refractivity contribution in [1.29, 1.82) is 0 Å². The second kappa shape index (κ2) is 27.8. The Bertz CT molecular complexity index is 8970. The van der Waals surface area contributed by atoms with Gasteiger partial charge in [0.25, 0.3) is 0 Å². The molecule has 0 radical (unpaired) electrons. The number of furan rings is 1. The molecule has 130 heavy (non-hydrogen) atoms. The Kier molecular flexibility index (Phi) is 15.5. The average molecular weight is 1670 g/mol. The van der Waals surface area contributed by atoms with Gasteiger partial charge in [0.15, 0.2) is 11.6 Å². The highest BCUT2D eigenvalue weighted by Gasteiger charge is 2.53. The van der Waals surface area contributed by atoms with Crippen LogP contribution in [-0.4, -0.2) is 29.9 Å². The molecule has 0 saturated heterocycles. The van der Waals surface area contributed by atoms with Gasteiger partial charge in [0, 0.05) is 125 Å². The van der Waals surface area contributed by atoms with Crippen molar-refractivity contribution in [1.82, 2.24) is 29.9 Å². The van der Waals surface area contributed by atoms with Crippen molar-refractivity contribution < 1.29 is 13.9 Å². The Morgan fingerprint density at radius 2 is 0.669 bits per heavy atom. The van der Waals surface area contributed by atoms with Crippen LogP contribution in [-0.2, 0) is 10.8 Å².